The van der Waals surface area contributed by atoms with Gasteiger partial charge in [-0.05, 0) is 26.7 Å². The van der Waals surface area contributed by atoms with Crippen LogP contribution in [0.5, 0.6) is 0 Å². The normalized spacial score (nSPS) is 11.7. The largest absolute Gasteiger partial charge is 0.481 e. The van der Waals surface area contributed by atoms with E-state index in [1.54, 1.807) is 18.5 Å². The van der Waals surface area contributed by atoms with Crippen molar-refractivity contribution in [2.45, 2.75) is 51.0 Å². The summed E-state index contributed by atoms with van der Waals surface area (Å²) in [7, 11) is -3.75. The third-order valence-electron chi connectivity index (χ3n) is 2.86. The first-order valence-corrected chi connectivity index (χ1v) is 7.56. The molecule has 0 aliphatic carbocycles. The lowest BCUT2D eigenvalue weighted by Gasteiger charge is -2.04. The van der Waals surface area contributed by atoms with Crippen LogP contribution in [-0.4, -0.2) is 29.3 Å². The zero-order valence-electron chi connectivity index (χ0n) is 11.1. The van der Waals surface area contributed by atoms with Gasteiger partial charge in [-0.3, -0.25) is 9.48 Å². The van der Waals surface area contributed by atoms with E-state index in [0.717, 1.165) is 12.8 Å². The van der Waals surface area contributed by atoms with E-state index in [2.05, 4.69) is 5.10 Å². The van der Waals surface area contributed by atoms with Gasteiger partial charge in [0.25, 0.3) is 0 Å². The SMILES string of the molecule is Cc1nn(CCCCCC(=O)O)c(C)c1S(N)(=O)=O. The van der Waals surface area contributed by atoms with E-state index >= 15 is 0 Å². The lowest BCUT2D eigenvalue weighted by molar-refractivity contribution is -0.137. The molecule has 1 aromatic heterocycles. The van der Waals surface area contributed by atoms with E-state index in [1.807, 2.05) is 0 Å². The zero-order valence-corrected chi connectivity index (χ0v) is 11.9. The molecule has 0 saturated carbocycles. The number of carboxylic acid groups (broad SMARTS) is 1. The van der Waals surface area contributed by atoms with Crippen LogP contribution in [0, 0.1) is 13.8 Å². The number of aromatic nitrogens is 2. The number of nitrogens with zero attached hydrogens (tertiary/aromatic N) is 2. The van der Waals surface area contributed by atoms with Crippen LogP contribution in [0.25, 0.3) is 0 Å². The number of primary sulfonamides is 1. The summed E-state index contributed by atoms with van der Waals surface area (Å²) in [5, 5.41) is 17.8. The molecule has 7 nitrogen and oxygen atoms in total. The van der Waals surface area contributed by atoms with E-state index in [9.17, 15) is 13.2 Å². The van der Waals surface area contributed by atoms with Gasteiger partial charge in [0.1, 0.15) is 4.90 Å². The number of hydrogen-bond acceptors (Lipinski definition) is 4. The maximum atomic E-state index is 11.4. The second-order valence-corrected chi connectivity index (χ2v) is 5.97. The van der Waals surface area contributed by atoms with E-state index in [-0.39, 0.29) is 11.3 Å². The monoisotopic (exact) mass is 289 g/mol. The third kappa shape index (κ3) is 4.32. The van der Waals surface area contributed by atoms with E-state index in [0.29, 0.717) is 24.4 Å². The molecule has 0 saturated heterocycles. The summed E-state index contributed by atoms with van der Waals surface area (Å²) in [5.74, 6) is -0.803. The molecule has 0 aliphatic rings. The maximum absolute atomic E-state index is 11.4. The van der Waals surface area contributed by atoms with Gasteiger partial charge >= 0.3 is 5.97 Å². The highest BCUT2D eigenvalue weighted by Crippen LogP contribution is 2.18. The summed E-state index contributed by atoms with van der Waals surface area (Å²) in [6.45, 7) is 3.83. The number of unbranched alkanes of at least 4 members (excludes halogenated alkanes) is 2. The third-order valence-corrected chi connectivity index (χ3v) is 4.02. The second-order valence-electron chi connectivity index (χ2n) is 4.47. The number of hydrogen-bond donors (Lipinski definition) is 2. The standard InChI is InChI=1S/C11H19N3O4S/c1-8-11(19(12,17)18)9(2)14(13-8)7-5-3-4-6-10(15)16/h3-7H2,1-2H3,(H,15,16)(H2,12,17,18). The van der Waals surface area contributed by atoms with Crippen molar-refractivity contribution in [3.63, 3.8) is 0 Å². The van der Waals surface area contributed by atoms with Gasteiger partial charge in [0.15, 0.2) is 0 Å². The Morgan fingerprint density at radius 2 is 1.95 bits per heavy atom. The van der Waals surface area contributed by atoms with Gasteiger partial charge < -0.3 is 5.11 Å². The van der Waals surface area contributed by atoms with Crippen molar-refractivity contribution < 1.29 is 18.3 Å². The molecule has 0 atom stereocenters. The number of sulfonamides is 1. The van der Waals surface area contributed by atoms with Crippen LogP contribution in [0.3, 0.4) is 0 Å². The summed E-state index contributed by atoms with van der Waals surface area (Å²) < 4.78 is 24.4. The number of aliphatic carboxylic acids is 1. The minimum atomic E-state index is -3.75. The van der Waals surface area contributed by atoms with Crippen molar-refractivity contribution in [2.24, 2.45) is 5.14 Å². The molecule has 0 spiro atoms. The Labute approximate surface area is 112 Å². The second kappa shape index (κ2) is 6.16. The maximum Gasteiger partial charge on any atom is 0.303 e. The molecule has 3 N–H and O–H groups in total. The highest BCUT2D eigenvalue weighted by Gasteiger charge is 2.20. The Balaban J connectivity index is 2.64. The molecule has 0 unspecified atom stereocenters. The lowest BCUT2D eigenvalue weighted by atomic mass is 10.2. The van der Waals surface area contributed by atoms with Gasteiger partial charge in [-0.25, -0.2) is 13.6 Å². The molecule has 19 heavy (non-hydrogen) atoms. The van der Waals surface area contributed by atoms with Gasteiger partial charge in [0.05, 0.1) is 11.4 Å². The van der Waals surface area contributed by atoms with Gasteiger partial charge in [0, 0.05) is 13.0 Å². The zero-order chi connectivity index (χ0) is 14.6. The van der Waals surface area contributed by atoms with Crippen LogP contribution in [0.2, 0.25) is 0 Å². The smallest absolute Gasteiger partial charge is 0.303 e. The van der Waals surface area contributed by atoms with Gasteiger partial charge in [-0.15, -0.1) is 0 Å². The molecule has 0 fully saturated rings. The average molecular weight is 289 g/mol. The Morgan fingerprint density at radius 3 is 2.42 bits per heavy atom. The van der Waals surface area contributed by atoms with Crippen LogP contribution in [0.1, 0.15) is 37.1 Å². The molecule has 1 aromatic rings. The Kier molecular flexibility index (Phi) is 5.07. The van der Waals surface area contributed by atoms with Crippen LogP contribution in [0.4, 0.5) is 0 Å². The number of carbonyl (C=O) groups is 1. The lowest BCUT2D eigenvalue weighted by Crippen LogP contribution is -2.14. The topological polar surface area (TPSA) is 115 Å². The number of rotatable bonds is 7. The molecule has 0 aromatic carbocycles. The minimum Gasteiger partial charge on any atom is -0.481 e. The first kappa shape index (κ1) is 15.6. The molecule has 108 valence electrons. The molecule has 8 heteroatoms. The van der Waals surface area contributed by atoms with Gasteiger partial charge in [-0.2, -0.15) is 5.10 Å². The summed E-state index contributed by atoms with van der Waals surface area (Å²) >= 11 is 0. The number of aryl methyl sites for hydroxylation is 2. The first-order valence-electron chi connectivity index (χ1n) is 6.02. The van der Waals surface area contributed by atoms with Crippen molar-refractivity contribution in [1.82, 2.24) is 9.78 Å². The van der Waals surface area contributed by atoms with Crippen molar-refractivity contribution in [1.29, 1.82) is 0 Å². The van der Waals surface area contributed by atoms with Crippen LogP contribution in [-0.2, 0) is 21.4 Å². The highest BCUT2D eigenvalue weighted by atomic mass is 32.2. The summed E-state index contributed by atoms with van der Waals surface area (Å²) in [6, 6.07) is 0. The fraction of sp³-hybridized carbons (Fsp3) is 0.636. The molecular formula is C11H19N3O4S. The Bertz CT molecular complexity index is 563. The fourth-order valence-electron chi connectivity index (χ4n) is 2.02. The molecule has 1 rings (SSSR count). The van der Waals surface area contributed by atoms with E-state index in [1.165, 1.54) is 0 Å². The van der Waals surface area contributed by atoms with Gasteiger partial charge in [0.2, 0.25) is 10.0 Å². The van der Waals surface area contributed by atoms with E-state index < -0.39 is 16.0 Å². The summed E-state index contributed by atoms with van der Waals surface area (Å²) in [5.41, 5.74) is 0.920. The van der Waals surface area contributed by atoms with Crippen molar-refractivity contribution >= 4 is 16.0 Å². The highest BCUT2D eigenvalue weighted by molar-refractivity contribution is 7.89. The quantitative estimate of drug-likeness (QED) is 0.720. The average Bonchev–Trinajstić information content (AvgIpc) is 2.52. The number of carboxylic acids is 1. The molecular weight excluding hydrogens is 270 g/mol. The molecule has 1 heterocycles. The van der Waals surface area contributed by atoms with Crippen molar-refractivity contribution in [3.05, 3.63) is 11.4 Å². The predicted molar refractivity (Wildman–Crippen MR) is 69.2 cm³/mol. The van der Waals surface area contributed by atoms with Crippen molar-refractivity contribution in [3.8, 4) is 0 Å². The first-order chi connectivity index (χ1) is 8.73. The summed E-state index contributed by atoms with van der Waals surface area (Å²) in [6.07, 6.45) is 2.27. The molecule has 0 radical (unpaired) electrons. The van der Waals surface area contributed by atoms with Crippen LogP contribution >= 0.6 is 0 Å². The molecule has 0 amide bonds. The van der Waals surface area contributed by atoms with Crippen LogP contribution < -0.4 is 5.14 Å². The number of nitrogens with two attached hydrogens (primary N) is 1. The molecule has 0 aliphatic heterocycles. The van der Waals surface area contributed by atoms with Gasteiger partial charge in [-0.1, -0.05) is 6.42 Å². The fourth-order valence-corrected chi connectivity index (χ4v) is 2.99. The Hall–Kier alpha value is -1.41. The predicted octanol–water partition coefficient (Wildman–Crippen LogP) is 0.792. The Morgan fingerprint density at radius 1 is 1.32 bits per heavy atom. The summed E-state index contributed by atoms with van der Waals surface area (Å²) in [4.78, 5) is 10.4. The minimum absolute atomic E-state index is 0.0815. The van der Waals surface area contributed by atoms with Crippen LogP contribution in [0.15, 0.2) is 4.90 Å². The van der Waals surface area contributed by atoms with E-state index in [4.69, 9.17) is 10.2 Å². The van der Waals surface area contributed by atoms with Crippen molar-refractivity contribution in [2.75, 3.05) is 0 Å². The molecule has 0 bridgehead atoms.